The van der Waals surface area contributed by atoms with Crippen LogP contribution >= 0.6 is 11.3 Å². The third-order valence-corrected chi connectivity index (χ3v) is 5.78. The summed E-state index contributed by atoms with van der Waals surface area (Å²) in [4.78, 5) is 1.37. The van der Waals surface area contributed by atoms with Crippen molar-refractivity contribution in [3.8, 4) is 0 Å². The fraction of sp³-hybridized carbons (Fsp3) is 0.529. The molecule has 21 heavy (non-hydrogen) atoms. The van der Waals surface area contributed by atoms with E-state index in [9.17, 15) is 5.11 Å². The molecule has 0 radical (unpaired) electrons. The summed E-state index contributed by atoms with van der Waals surface area (Å²) in [5.41, 5.74) is 0.111. The van der Waals surface area contributed by atoms with Crippen molar-refractivity contribution in [3.63, 3.8) is 0 Å². The van der Waals surface area contributed by atoms with Gasteiger partial charge in [0.05, 0.1) is 6.61 Å². The van der Waals surface area contributed by atoms with Gasteiger partial charge in [0, 0.05) is 40.8 Å². The minimum absolute atomic E-state index is 0.111. The number of aliphatic hydroxyl groups excluding tert-OH is 1. The molecule has 3 rings (SSSR count). The summed E-state index contributed by atoms with van der Waals surface area (Å²) in [5, 5.41) is 14.3. The van der Waals surface area contributed by atoms with E-state index < -0.39 is 0 Å². The first kappa shape index (κ1) is 15.0. The fourth-order valence-electron chi connectivity index (χ4n) is 3.00. The van der Waals surface area contributed by atoms with Gasteiger partial charge in [0.15, 0.2) is 0 Å². The van der Waals surface area contributed by atoms with Crippen LogP contribution in [0.15, 0.2) is 30.3 Å². The lowest BCUT2D eigenvalue weighted by molar-refractivity contribution is 0.122. The largest absolute Gasteiger partial charge is 0.396 e. The summed E-state index contributed by atoms with van der Waals surface area (Å²) in [6, 6.07) is 11.1. The van der Waals surface area contributed by atoms with Gasteiger partial charge in [-0.1, -0.05) is 18.2 Å². The van der Waals surface area contributed by atoms with Crippen LogP contribution in [0.5, 0.6) is 0 Å². The highest BCUT2D eigenvalue weighted by molar-refractivity contribution is 7.19. The highest BCUT2D eigenvalue weighted by Crippen LogP contribution is 2.34. The van der Waals surface area contributed by atoms with Crippen molar-refractivity contribution in [2.24, 2.45) is 5.41 Å². The summed E-state index contributed by atoms with van der Waals surface area (Å²) in [6.07, 6.45) is 1.86. The van der Waals surface area contributed by atoms with Crippen LogP contribution in [-0.4, -0.2) is 31.5 Å². The van der Waals surface area contributed by atoms with Crippen LogP contribution < -0.4 is 5.32 Å². The number of ether oxygens (including phenoxy) is 1. The molecule has 1 saturated heterocycles. The van der Waals surface area contributed by atoms with Crippen molar-refractivity contribution >= 4 is 21.4 Å². The summed E-state index contributed by atoms with van der Waals surface area (Å²) in [6.45, 7) is 4.94. The molecule has 0 aliphatic carbocycles. The molecule has 114 valence electrons. The second kappa shape index (κ2) is 6.44. The number of hydrogen-bond donors (Lipinski definition) is 2. The zero-order valence-corrected chi connectivity index (χ0v) is 13.3. The summed E-state index contributed by atoms with van der Waals surface area (Å²) in [5.74, 6) is 0. The molecule has 2 N–H and O–H groups in total. The zero-order valence-electron chi connectivity index (χ0n) is 12.5. The van der Waals surface area contributed by atoms with Crippen LogP contribution in [0.25, 0.3) is 10.1 Å². The predicted molar refractivity (Wildman–Crippen MR) is 87.8 cm³/mol. The SMILES string of the molecule is C[C@H](NC[C@]1(CCO)CCOC1)c1cc2ccccc2s1. The van der Waals surface area contributed by atoms with Crippen molar-refractivity contribution in [1.82, 2.24) is 5.32 Å². The summed E-state index contributed by atoms with van der Waals surface area (Å²) < 4.78 is 6.89. The van der Waals surface area contributed by atoms with E-state index in [0.717, 1.165) is 32.6 Å². The van der Waals surface area contributed by atoms with E-state index in [4.69, 9.17) is 4.74 Å². The average Bonchev–Trinajstić information content (AvgIpc) is 3.12. The van der Waals surface area contributed by atoms with Crippen LogP contribution in [0.3, 0.4) is 0 Å². The molecule has 1 aliphatic rings. The lowest BCUT2D eigenvalue weighted by Crippen LogP contribution is -2.36. The maximum Gasteiger partial charge on any atom is 0.0536 e. The van der Waals surface area contributed by atoms with Gasteiger partial charge in [0.1, 0.15) is 0 Å². The van der Waals surface area contributed by atoms with Gasteiger partial charge in [-0.25, -0.2) is 0 Å². The van der Waals surface area contributed by atoms with E-state index in [2.05, 4.69) is 42.6 Å². The van der Waals surface area contributed by atoms with Crippen LogP contribution in [0.1, 0.15) is 30.7 Å². The Balaban J connectivity index is 1.66. The van der Waals surface area contributed by atoms with Gasteiger partial charge in [-0.15, -0.1) is 11.3 Å². The Morgan fingerprint density at radius 2 is 2.29 bits per heavy atom. The van der Waals surface area contributed by atoms with E-state index in [1.807, 2.05) is 11.3 Å². The minimum atomic E-state index is 0.111. The normalized spacial score (nSPS) is 23.7. The van der Waals surface area contributed by atoms with Crippen molar-refractivity contribution in [3.05, 3.63) is 35.2 Å². The highest BCUT2D eigenvalue weighted by atomic mass is 32.1. The summed E-state index contributed by atoms with van der Waals surface area (Å²) >= 11 is 1.86. The quantitative estimate of drug-likeness (QED) is 0.860. The first-order valence-corrected chi connectivity index (χ1v) is 8.45. The van der Waals surface area contributed by atoms with Crippen molar-refractivity contribution in [2.45, 2.75) is 25.8 Å². The first-order valence-electron chi connectivity index (χ1n) is 7.63. The molecule has 2 heterocycles. The molecule has 1 aromatic heterocycles. The number of aliphatic hydroxyl groups is 1. The molecule has 1 aliphatic heterocycles. The first-order chi connectivity index (χ1) is 10.2. The number of rotatable bonds is 6. The predicted octanol–water partition coefficient (Wildman–Crippen LogP) is 3.34. The Hall–Kier alpha value is -0.940. The lowest BCUT2D eigenvalue weighted by atomic mass is 9.84. The molecule has 1 aromatic carbocycles. The maximum atomic E-state index is 9.29. The van der Waals surface area contributed by atoms with Crippen molar-refractivity contribution in [1.29, 1.82) is 0 Å². The Morgan fingerprint density at radius 1 is 1.43 bits per heavy atom. The van der Waals surface area contributed by atoms with Gasteiger partial charge in [0.25, 0.3) is 0 Å². The minimum Gasteiger partial charge on any atom is -0.396 e. The Labute approximate surface area is 129 Å². The number of hydrogen-bond acceptors (Lipinski definition) is 4. The monoisotopic (exact) mass is 305 g/mol. The van der Waals surface area contributed by atoms with Crippen LogP contribution in [-0.2, 0) is 4.74 Å². The second-order valence-corrected chi connectivity index (χ2v) is 7.18. The number of thiophene rings is 1. The van der Waals surface area contributed by atoms with E-state index in [1.165, 1.54) is 15.0 Å². The fourth-order valence-corrected chi connectivity index (χ4v) is 4.09. The number of nitrogens with one attached hydrogen (secondary N) is 1. The average molecular weight is 305 g/mol. The van der Waals surface area contributed by atoms with Crippen molar-refractivity contribution in [2.75, 3.05) is 26.4 Å². The standard InChI is InChI=1S/C17H23NO2S/c1-13(16-10-14-4-2-3-5-15(14)21-16)18-11-17(6-8-19)7-9-20-12-17/h2-5,10,13,18-19H,6-9,11-12H2,1H3/t13-,17-/m0/s1. The summed E-state index contributed by atoms with van der Waals surface area (Å²) in [7, 11) is 0. The number of fused-ring (bicyclic) bond motifs is 1. The molecule has 4 heteroatoms. The molecule has 0 unspecified atom stereocenters. The van der Waals surface area contributed by atoms with Gasteiger partial charge in [-0.2, -0.15) is 0 Å². The lowest BCUT2D eigenvalue weighted by Gasteiger charge is -2.28. The van der Waals surface area contributed by atoms with Crippen LogP contribution in [0.4, 0.5) is 0 Å². The van der Waals surface area contributed by atoms with E-state index in [1.54, 1.807) is 0 Å². The van der Waals surface area contributed by atoms with Gasteiger partial charge < -0.3 is 15.2 Å². The Bertz CT molecular complexity index is 556. The molecule has 1 fully saturated rings. The van der Waals surface area contributed by atoms with Crippen molar-refractivity contribution < 1.29 is 9.84 Å². The third kappa shape index (κ3) is 3.29. The molecule has 0 spiro atoms. The Kier molecular flexibility index (Phi) is 4.60. The highest BCUT2D eigenvalue weighted by Gasteiger charge is 2.34. The third-order valence-electron chi connectivity index (χ3n) is 4.48. The van der Waals surface area contributed by atoms with Gasteiger partial charge in [0.2, 0.25) is 0 Å². The molecule has 0 bridgehead atoms. The van der Waals surface area contributed by atoms with Gasteiger partial charge >= 0.3 is 0 Å². The number of benzene rings is 1. The molecule has 2 aromatic rings. The molecule has 3 nitrogen and oxygen atoms in total. The second-order valence-electron chi connectivity index (χ2n) is 6.07. The molecular weight excluding hydrogens is 282 g/mol. The van der Waals surface area contributed by atoms with E-state index in [0.29, 0.717) is 6.04 Å². The smallest absolute Gasteiger partial charge is 0.0536 e. The van der Waals surface area contributed by atoms with Gasteiger partial charge in [-0.3, -0.25) is 0 Å². The molecule has 0 amide bonds. The molecule has 0 saturated carbocycles. The van der Waals surface area contributed by atoms with E-state index in [-0.39, 0.29) is 12.0 Å². The maximum absolute atomic E-state index is 9.29. The van der Waals surface area contributed by atoms with Crippen LogP contribution in [0, 0.1) is 5.41 Å². The Morgan fingerprint density at radius 3 is 3.00 bits per heavy atom. The van der Waals surface area contributed by atoms with Crippen LogP contribution in [0.2, 0.25) is 0 Å². The zero-order chi connectivity index (χ0) is 14.7. The van der Waals surface area contributed by atoms with Gasteiger partial charge in [-0.05, 0) is 37.3 Å². The topological polar surface area (TPSA) is 41.5 Å². The van der Waals surface area contributed by atoms with E-state index >= 15 is 0 Å². The molecular formula is C17H23NO2S. The molecule has 2 atom stereocenters.